The second-order valence-corrected chi connectivity index (χ2v) is 4.65. The number of rotatable bonds is 9. The highest BCUT2D eigenvalue weighted by Crippen LogP contribution is 2.22. The van der Waals surface area contributed by atoms with Gasteiger partial charge in [0.25, 0.3) is 0 Å². The molecule has 0 fully saturated rings. The molecule has 0 saturated carbocycles. The topological polar surface area (TPSA) is 39.7 Å². The predicted molar refractivity (Wildman–Crippen MR) is 75.1 cm³/mol. The van der Waals surface area contributed by atoms with Crippen molar-refractivity contribution in [2.45, 2.75) is 6.54 Å². The van der Waals surface area contributed by atoms with Crippen LogP contribution in [0.25, 0.3) is 0 Å². The lowest BCUT2D eigenvalue weighted by molar-refractivity contribution is 0.0719. The van der Waals surface area contributed by atoms with E-state index in [4.69, 9.17) is 14.2 Å². The van der Waals surface area contributed by atoms with E-state index in [1.807, 2.05) is 12.1 Å². The minimum Gasteiger partial charge on any atom is -0.496 e. The van der Waals surface area contributed by atoms with Gasteiger partial charge < -0.3 is 19.5 Å². The minimum atomic E-state index is 0.637. The first-order valence-corrected chi connectivity index (χ1v) is 6.67. The Morgan fingerprint density at radius 3 is 2.72 bits per heavy atom. The lowest BCUT2D eigenvalue weighted by Crippen LogP contribution is -2.20. The number of hydrogen-bond acceptors (Lipinski definition) is 4. The zero-order valence-electron chi connectivity index (χ0n) is 10.9. The van der Waals surface area contributed by atoms with Gasteiger partial charge in [0, 0.05) is 30.2 Å². The van der Waals surface area contributed by atoms with E-state index in [0.29, 0.717) is 19.8 Å². The van der Waals surface area contributed by atoms with Crippen molar-refractivity contribution >= 4 is 15.9 Å². The van der Waals surface area contributed by atoms with Crippen molar-refractivity contribution in [1.29, 1.82) is 0 Å². The monoisotopic (exact) mass is 317 g/mol. The number of nitrogens with one attached hydrogen (secondary N) is 1. The van der Waals surface area contributed by atoms with Crippen molar-refractivity contribution in [1.82, 2.24) is 5.32 Å². The molecule has 18 heavy (non-hydrogen) atoms. The summed E-state index contributed by atoms with van der Waals surface area (Å²) in [6.07, 6.45) is 0. The summed E-state index contributed by atoms with van der Waals surface area (Å²) in [6, 6.07) is 5.98. The highest BCUT2D eigenvalue weighted by atomic mass is 79.9. The fraction of sp³-hybridized carbons (Fsp3) is 0.538. The minimum absolute atomic E-state index is 0.637. The fourth-order valence-corrected chi connectivity index (χ4v) is 1.91. The number of ether oxygens (including phenoxy) is 3. The van der Waals surface area contributed by atoms with Gasteiger partial charge in [0.1, 0.15) is 5.75 Å². The molecule has 1 aromatic rings. The number of halogens is 1. The van der Waals surface area contributed by atoms with Crippen LogP contribution < -0.4 is 10.1 Å². The van der Waals surface area contributed by atoms with Crippen molar-refractivity contribution in [2.75, 3.05) is 40.6 Å². The molecule has 102 valence electrons. The van der Waals surface area contributed by atoms with Crippen molar-refractivity contribution < 1.29 is 14.2 Å². The molecule has 0 amide bonds. The third-order valence-corrected chi connectivity index (χ3v) is 2.91. The largest absolute Gasteiger partial charge is 0.496 e. The van der Waals surface area contributed by atoms with Crippen LogP contribution in [-0.4, -0.2) is 40.6 Å². The normalized spacial score (nSPS) is 10.6. The highest BCUT2D eigenvalue weighted by molar-refractivity contribution is 9.10. The van der Waals surface area contributed by atoms with Crippen LogP contribution in [0.5, 0.6) is 5.75 Å². The van der Waals surface area contributed by atoms with E-state index in [2.05, 4.69) is 27.3 Å². The van der Waals surface area contributed by atoms with E-state index in [0.717, 1.165) is 28.9 Å². The molecule has 0 aliphatic heterocycles. The van der Waals surface area contributed by atoms with E-state index in [1.165, 1.54) is 0 Å². The summed E-state index contributed by atoms with van der Waals surface area (Å²) in [4.78, 5) is 0. The lowest BCUT2D eigenvalue weighted by Gasteiger charge is -2.10. The highest BCUT2D eigenvalue weighted by Gasteiger charge is 2.02. The molecule has 4 nitrogen and oxygen atoms in total. The Bertz CT molecular complexity index is 347. The van der Waals surface area contributed by atoms with Crippen molar-refractivity contribution in [3.05, 3.63) is 28.2 Å². The van der Waals surface area contributed by atoms with Gasteiger partial charge in [0.05, 0.1) is 26.9 Å². The van der Waals surface area contributed by atoms with E-state index >= 15 is 0 Å². The summed E-state index contributed by atoms with van der Waals surface area (Å²) in [5, 5.41) is 3.31. The maximum absolute atomic E-state index is 5.36. The van der Waals surface area contributed by atoms with E-state index < -0.39 is 0 Å². The van der Waals surface area contributed by atoms with Gasteiger partial charge in [-0.2, -0.15) is 0 Å². The molecule has 0 atom stereocenters. The molecule has 0 aliphatic carbocycles. The van der Waals surface area contributed by atoms with Gasteiger partial charge in [-0.3, -0.25) is 0 Å². The molecular formula is C13H20BrNO3. The second-order valence-electron chi connectivity index (χ2n) is 3.74. The molecule has 0 spiro atoms. The third kappa shape index (κ3) is 5.82. The number of hydrogen-bond donors (Lipinski definition) is 1. The summed E-state index contributed by atoms with van der Waals surface area (Å²) in [5.41, 5.74) is 1.13. The first-order chi connectivity index (χ1) is 8.77. The molecule has 1 rings (SSSR count). The smallest absolute Gasteiger partial charge is 0.123 e. The van der Waals surface area contributed by atoms with Crippen molar-refractivity contribution in [3.63, 3.8) is 0 Å². The maximum Gasteiger partial charge on any atom is 0.123 e. The predicted octanol–water partition coefficient (Wildman–Crippen LogP) is 2.21. The van der Waals surface area contributed by atoms with E-state index in [1.54, 1.807) is 14.2 Å². The van der Waals surface area contributed by atoms with Crippen LogP contribution in [-0.2, 0) is 16.0 Å². The van der Waals surface area contributed by atoms with Gasteiger partial charge in [-0.1, -0.05) is 15.9 Å². The SMILES string of the molecule is COCCOCCNCc1cc(Br)ccc1OC. The van der Waals surface area contributed by atoms with Crippen molar-refractivity contribution in [3.8, 4) is 5.75 Å². The summed E-state index contributed by atoms with van der Waals surface area (Å²) in [7, 11) is 3.35. The summed E-state index contributed by atoms with van der Waals surface area (Å²) >= 11 is 3.45. The molecule has 0 saturated heterocycles. The molecule has 5 heteroatoms. The molecule has 0 bridgehead atoms. The van der Waals surface area contributed by atoms with Crippen LogP contribution in [0.2, 0.25) is 0 Å². The quantitative estimate of drug-likeness (QED) is 0.709. The maximum atomic E-state index is 5.36. The number of benzene rings is 1. The van der Waals surface area contributed by atoms with Gasteiger partial charge >= 0.3 is 0 Å². The molecule has 0 heterocycles. The average Bonchev–Trinajstić information content (AvgIpc) is 2.38. The van der Waals surface area contributed by atoms with Gasteiger partial charge in [-0.05, 0) is 18.2 Å². The Morgan fingerprint density at radius 2 is 2.00 bits per heavy atom. The summed E-state index contributed by atoms with van der Waals surface area (Å²) < 4.78 is 16.6. The lowest BCUT2D eigenvalue weighted by atomic mass is 10.2. The Balaban J connectivity index is 2.24. The first kappa shape index (κ1) is 15.4. The van der Waals surface area contributed by atoms with Gasteiger partial charge in [-0.15, -0.1) is 0 Å². The Morgan fingerprint density at radius 1 is 1.17 bits per heavy atom. The first-order valence-electron chi connectivity index (χ1n) is 5.87. The zero-order chi connectivity index (χ0) is 13.2. The second kappa shape index (κ2) is 9.33. The molecule has 0 unspecified atom stereocenters. The Kier molecular flexibility index (Phi) is 8.00. The molecule has 0 aromatic heterocycles. The molecule has 1 N–H and O–H groups in total. The molecule has 0 aliphatic rings. The third-order valence-electron chi connectivity index (χ3n) is 2.41. The van der Waals surface area contributed by atoms with Crippen LogP contribution in [0, 0.1) is 0 Å². The molecule has 1 aromatic carbocycles. The standard InChI is InChI=1S/C13H20BrNO3/c1-16-7-8-18-6-5-15-10-11-9-12(14)3-4-13(11)17-2/h3-4,9,15H,5-8,10H2,1-2H3. The molecular weight excluding hydrogens is 298 g/mol. The average molecular weight is 318 g/mol. The fourth-order valence-electron chi connectivity index (χ4n) is 1.50. The van der Waals surface area contributed by atoms with Gasteiger partial charge in [0.15, 0.2) is 0 Å². The van der Waals surface area contributed by atoms with Gasteiger partial charge in [-0.25, -0.2) is 0 Å². The summed E-state index contributed by atoms with van der Waals surface area (Å²) in [6.45, 7) is 3.52. The summed E-state index contributed by atoms with van der Waals surface area (Å²) in [5.74, 6) is 0.894. The molecule has 0 radical (unpaired) electrons. The van der Waals surface area contributed by atoms with Crippen LogP contribution in [0.1, 0.15) is 5.56 Å². The Labute approximate surface area is 117 Å². The van der Waals surface area contributed by atoms with Crippen LogP contribution >= 0.6 is 15.9 Å². The Hall–Kier alpha value is -0.620. The van der Waals surface area contributed by atoms with Crippen LogP contribution in [0.4, 0.5) is 0 Å². The number of methoxy groups -OCH3 is 2. The van der Waals surface area contributed by atoms with Crippen molar-refractivity contribution in [2.24, 2.45) is 0 Å². The van der Waals surface area contributed by atoms with Crippen LogP contribution in [0.3, 0.4) is 0 Å². The van der Waals surface area contributed by atoms with E-state index in [-0.39, 0.29) is 0 Å². The van der Waals surface area contributed by atoms with Crippen LogP contribution in [0.15, 0.2) is 22.7 Å². The van der Waals surface area contributed by atoms with Gasteiger partial charge in [0.2, 0.25) is 0 Å². The zero-order valence-corrected chi connectivity index (χ0v) is 12.5. The van der Waals surface area contributed by atoms with E-state index in [9.17, 15) is 0 Å².